The van der Waals surface area contributed by atoms with Gasteiger partial charge in [-0.1, -0.05) is 24.2 Å². The van der Waals surface area contributed by atoms with E-state index in [1.54, 1.807) is 7.11 Å². The first kappa shape index (κ1) is 15.1. The van der Waals surface area contributed by atoms with Crippen LogP contribution in [0.5, 0.6) is 5.75 Å². The number of aromatic nitrogens is 1. The van der Waals surface area contributed by atoms with Gasteiger partial charge in [0.05, 0.1) is 24.8 Å². The monoisotopic (exact) mass is 284 g/mol. The average Bonchev–Trinajstić information content (AvgIpc) is 2.83. The number of methoxy groups -OCH3 is 1. The van der Waals surface area contributed by atoms with Gasteiger partial charge in [-0.15, -0.1) is 0 Å². The minimum atomic E-state index is -0.210. The lowest BCUT2D eigenvalue weighted by Gasteiger charge is -2.13. The third-order valence-electron chi connectivity index (χ3n) is 3.83. The summed E-state index contributed by atoms with van der Waals surface area (Å²) in [5.74, 6) is 1.45. The second kappa shape index (κ2) is 6.45. The van der Waals surface area contributed by atoms with Crippen molar-refractivity contribution >= 4 is 0 Å². The third-order valence-corrected chi connectivity index (χ3v) is 3.83. The first-order valence-corrected chi connectivity index (χ1v) is 7.08. The van der Waals surface area contributed by atoms with E-state index in [0.717, 1.165) is 40.3 Å². The topological polar surface area (TPSA) is 59.0 Å². The number of benzene rings is 1. The van der Waals surface area contributed by atoms with Crippen LogP contribution >= 0.6 is 0 Å². The minimum absolute atomic E-state index is 0.210. The summed E-state index contributed by atoms with van der Waals surface area (Å²) < 4.78 is 10.5. The van der Waals surface area contributed by atoms with Gasteiger partial charge in [-0.25, -0.2) is 0 Å². The van der Waals surface area contributed by atoms with Gasteiger partial charge in [0.1, 0.15) is 11.5 Å². The molecular formula is C17H20N2O2. The third kappa shape index (κ3) is 3.08. The number of hydrogen-bond donors (Lipinski definition) is 0. The second-order valence-electron chi connectivity index (χ2n) is 5.11. The first-order chi connectivity index (χ1) is 10.1. The van der Waals surface area contributed by atoms with Crippen LogP contribution in [-0.4, -0.2) is 12.3 Å². The molecule has 1 heterocycles. The highest BCUT2D eigenvalue weighted by Crippen LogP contribution is 2.28. The number of hydrogen-bond acceptors (Lipinski definition) is 4. The van der Waals surface area contributed by atoms with Crippen LogP contribution in [0, 0.1) is 25.2 Å². The van der Waals surface area contributed by atoms with Crippen molar-refractivity contribution in [3.05, 3.63) is 46.3 Å². The predicted molar refractivity (Wildman–Crippen MR) is 80.4 cm³/mol. The van der Waals surface area contributed by atoms with Crippen molar-refractivity contribution in [2.24, 2.45) is 0 Å². The maximum Gasteiger partial charge on any atom is 0.137 e. The van der Waals surface area contributed by atoms with Gasteiger partial charge in [0, 0.05) is 5.56 Å². The highest BCUT2D eigenvalue weighted by molar-refractivity contribution is 5.41. The van der Waals surface area contributed by atoms with Crippen LogP contribution in [0.1, 0.15) is 41.0 Å². The second-order valence-corrected chi connectivity index (χ2v) is 5.11. The van der Waals surface area contributed by atoms with Crippen LogP contribution in [0.4, 0.5) is 0 Å². The molecule has 0 radical (unpaired) electrons. The van der Waals surface area contributed by atoms with Crippen LogP contribution in [0.2, 0.25) is 0 Å². The minimum Gasteiger partial charge on any atom is -0.496 e. The Balaban J connectivity index is 2.32. The van der Waals surface area contributed by atoms with Crippen molar-refractivity contribution in [1.82, 2.24) is 5.16 Å². The number of nitrogens with zero attached hydrogens (tertiary/aromatic N) is 2. The molecule has 4 nitrogen and oxygen atoms in total. The van der Waals surface area contributed by atoms with Gasteiger partial charge >= 0.3 is 0 Å². The molecule has 4 heteroatoms. The molecule has 1 aromatic heterocycles. The quantitative estimate of drug-likeness (QED) is 0.839. The zero-order valence-corrected chi connectivity index (χ0v) is 12.9. The van der Waals surface area contributed by atoms with Crippen molar-refractivity contribution in [1.29, 1.82) is 5.26 Å². The maximum atomic E-state index is 9.52. The predicted octanol–water partition coefficient (Wildman–Crippen LogP) is 3.71. The molecule has 0 aliphatic carbocycles. The number of nitriles is 1. The summed E-state index contributed by atoms with van der Waals surface area (Å²) in [6.45, 7) is 5.87. The van der Waals surface area contributed by atoms with Crippen molar-refractivity contribution in [3.8, 4) is 11.8 Å². The molecule has 0 spiro atoms. The van der Waals surface area contributed by atoms with E-state index in [1.807, 2.05) is 26.0 Å². The summed E-state index contributed by atoms with van der Waals surface area (Å²) in [6.07, 6.45) is 1.49. The van der Waals surface area contributed by atoms with Crippen molar-refractivity contribution in [3.63, 3.8) is 0 Å². The molecule has 0 saturated heterocycles. The van der Waals surface area contributed by atoms with Crippen molar-refractivity contribution in [2.75, 3.05) is 7.11 Å². The summed E-state index contributed by atoms with van der Waals surface area (Å²) in [7, 11) is 1.67. The number of aryl methyl sites for hydroxylation is 3. The Morgan fingerprint density at radius 1 is 1.38 bits per heavy atom. The van der Waals surface area contributed by atoms with E-state index < -0.39 is 0 Å². The molecule has 0 bridgehead atoms. The van der Waals surface area contributed by atoms with E-state index >= 15 is 0 Å². The van der Waals surface area contributed by atoms with Gasteiger partial charge in [0.25, 0.3) is 0 Å². The Labute approximate surface area is 125 Å². The van der Waals surface area contributed by atoms with Crippen LogP contribution < -0.4 is 4.74 Å². The van der Waals surface area contributed by atoms with Gasteiger partial charge in [-0.2, -0.15) is 5.26 Å². The summed E-state index contributed by atoms with van der Waals surface area (Å²) >= 11 is 0. The Morgan fingerprint density at radius 2 is 2.14 bits per heavy atom. The largest absolute Gasteiger partial charge is 0.496 e. The molecule has 2 rings (SSSR count). The SMILES string of the molecule is CCc1cc(C(C#N)Cc2c(C)noc2C)ccc1OC. The normalized spacial score (nSPS) is 12.0. The van der Waals surface area contributed by atoms with Crippen LogP contribution in [0.25, 0.3) is 0 Å². The van der Waals surface area contributed by atoms with E-state index in [4.69, 9.17) is 9.26 Å². The van der Waals surface area contributed by atoms with E-state index in [-0.39, 0.29) is 5.92 Å². The molecule has 1 unspecified atom stereocenters. The lowest BCUT2D eigenvalue weighted by Crippen LogP contribution is -2.03. The summed E-state index contributed by atoms with van der Waals surface area (Å²) in [5.41, 5.74) is 4.01. The molecule has 21 heavy (non-hydrogen) atoms. The molecule has 0 fully saturated rings. The van der Waals surface area contributed by atoms with E-state index in [2.05, 4.69) is 24.2 Å². The van der Waals surface area contributed by atoms with Gasteiger partial charge in [-0.3, -0.25) is 0 Å². The molecule has 0 aliphatic heterocycles. The summed E-state index contributed by atoms with van der Waals surface area (Å²) in [4.78, 5) is 0. The molecule has 2 aromatic rings. The van der Waals surface area contributed by atoms with Crippen molar-refractivity contribution in [2.45, 2.75) is 39.5 Å². The van der Waals surface area contributed by atoms with Crippen molar-refractivity contribution < 1.29 is 9.26 Å². The molecular weight excluding hydrogens is 264 g/mol. The maximum absolute atomic E-state index is 9.52. The Bertz CT molecular complexity index is 648. The fraction of sp³-hybridized carbons (Fsp3) is 0.412. The Kier molecular flexibility index (Phi) is 4.64. The highest BCUT2D eigenvalue weighted by Gasteiger charge is 2.18. The van der Waals surface area contributed by atoms with E-state index in [1.165, 1.54) is 0 Å². The average molecular weight is 284 g/mol. The van der Waals surface area contributed by atoms with Crippen LogP contribution in [0.15, 0.2) is 22.7 Å². The molecule has 1 atom stereocenters. The Hall–Kier alpha value is -2.28. The molecule has 0 saturated carbocycles. The fourth-order valence-electron chi connectivity index (χ4n) is 2.53. The summed E-state index contributed by atoms with van der Waals surface area (Å²) in [5, 5.41) is 13.5. The smallest absolute Gasteiger partial charge is 0.137 e. The number of rotatable bonds is 5. The van der Waals surface area contributed by atoms with Crippen LogP contribution in [0.3, 0.4) is 0 Å². The lowest BCUT2D eigenvalue weighted by molar-refractivity contribution is 0.392. The van der Waals surface area contributed by atoms with Gasteiger partial charge < -0.3 is 9.26 Å². The van der Waals surface area contributed by atoms with E-state index in [9.17, 15) is 5.26 Å². The number of ether oxygens (including phenoxy) is 1. The molecule has 0 aliphatic rings. The van der Waals surface area contributed by atoms with Gasteiger partial charge in [-0.05, 0) is 43.9 Å². The highest BCUT2D eigenvalue weighted by atomic mass is 16.5. The van der Waals surface area contributed by atoms with E-state index in [0.29, 0.717) is 6.42 Å². The van der Waals surface area contributed by atoms with Crippen LogP contribution in [-0.2, 0) is 12.8 Å². The van der Waals surface area contributed by atoms with Gasteiger partial charge in [0.15, 0.2) is 0 Å². The lowest BCUT2D eigenvalue weighted by atomic mass is 9.91. The van der Waals surface area contributed by atoms with Gasteiger partial charge in [0.2, 0.25) is 0 Å². The first-order valence-electron chi connectivity index (χ1n) is 7.08. The molecule has 0 amide bonds. The molecule has 0 N–H and O–H groups in total. The zero-order valence-electron chi connectivity index (χ0n) is 12.9. The summed E-state index contributed by atoms with van der Waals surface area (Å²) in [6, 6.07) is 8.35. The standard InChI is InChI=1S/C17H20N2O2/c1-5-13-8-14(6-7-17(13)20-4)15(10-18)9-16-11(2)19-21-12(16)3/h6-8,15H,5,9H2,1-4H3. The zero-order chi connectivity index (χ0) is 15.4. The molecule has 110 valence electrons. The molecule has 1 aromatic carbocycles. The Morgan fingerprint density at radius 3 is 2.67 bits per heavy atom. The fourth-order valence-corrected chi connectivity index (χ4v) is 2.53.